The summed E-state index contributed by atoms with van der Waals surface area (Å²) >= 11 is 0. The van der Waals surface area contributed by atoms with E-state index in [1.807, 2.05) is 12.3 Å². The minimum absolute atomic E-state index is 0.0840. The van der Waals surface area contributed by atoms with Crippen molar-refractivity contribution in [2.75, 3.05) is 38.2 Å². The summed E-state index contributed by atoms with van der Waals surface area (Å²) in [5, 5.41) is 0.925. The molecule has 0 aliphatic carbocycles. The van der Waals surface area contributed by atoms with Crippen molar-refractivity contribution in [1.82, 2.24) is 24.4 Å². The molecule has 0 saturated carbocycles. The lowest BCUT2D eigenvalue weighted by Gasteiger charge is -2.36. The number of rotatable bonds is 4. The summed E-state index contributed by atoms with van der Waals surface area (Å²) in [6.07, 6.45) is 4.72. The van der Waals surface area contributed by atoms with Gasteiger partial charge in [-0.1, -0.05) is 0 Å². The molecule has 3 heterocycles. The van der Waals surface area contributed by atoms with Gasteiger partial charge in [0.05, 0.1) is 29.9 Å². The third-order valence-corrected chi connectivity index (χ3v) is 4.93. The number of nitrogens with zero attached hydrogens (tertiary/aromatic N) is 6. The van der Waals surface area contributed by atoms with E-state index in [1.165, 1.54) is 12.5 Å². The largest absolute Gasteiger partial charge is 0.480 e. The molecule has 0 N–H and O–H groups in total. The average Bonchev–Trinajstić information content (AvgIpc) is 2.70. The summed E-state index contributed by atoms with van der Waals surface area (Å²) in [7, 11) is 3.38. The smallest absolute Gasteiger partial charge is 0.268 e. The number of aryl methyl sites for hydroxylation is 1. The van der Waals surface area contributed by atoms with E-state index < -0.39 is 0 Å². The molecule has 1 fully saturated rings. The van der Waals surface area contributed by atoms with Crippen LogP contribution in [-0.2, 0) is 13.6 Å². The Morgan fingerprint density at radius 1 is 1.11 bits per heavy atom. The van der Waals surface area contributed by atoms with E-state index in [-0.39, 0.29) is 5.56 Å². The highest BCUT2D eigenvalue weighted by Gasteiger charge is 2.19. The summed E-state index contributed by atoms with van der Waals surface area (Å²) < 4.78 is 6.93. The summed E-state index contributed by atoms with van der Waals surface area (Å²) in [6.45, 7) is 4.47. The number of hydrogen-bond donors (Lipinski definition) is 0. The van der Waals surface area contributed by atoms with E-state index in [0.717, 1.165) is 55.0 Å². The highest BCUT2D eigenvalue weighted by Crippen LogP contribution is 2.27. The van der Waals surface area contributed by atoms with E-state index in [4.69, 9.17) is 4.74 Å². The molecule has 0 unspecified atom stereocenters. The van der Waals surface area contributed by atoms with E-state index >= 15 is 0 Å². The first-order chi connectivity index (χ1) is 13.1. The van der Waals surface area contributed by atoms with Gasteiger partial charge in [-0.2, -0.15) is 0 Å². The molecule has 1 saturated heterocycles. The number of anilines is 1. The van der Waals surface area contributed by atoms with E-state index in [2.05, 4.69) is 36.9 Å². The molecule has 0 atom stereocenters. The Hall–Kier alpha value is -3.00. The predicted molar refractivity (Wildman–Crippen MR) is 103 cm³/mol. The zero-order chi connectivity index (χ0) is 18.8. The molecule has 1 aliphatic rings. The van der Waals surface area contributed by atoms with Crippen molar-refractivity contribution in [3.05, 3.63) is 53.0 Å². The Bertz CT molecular complexity index is 1010. The van der Waals surface area contributed by atoms with Crippen LogP contribution in [-0.4, -0.2) is 57.7 Å². The fraction of sp³-hybridized carbons (Fsp3) is 0.368. The molecule has 4 rings (SSSR count). The lowest BCUT2D eigenvalue weighted by molar-refractivity contribution is 0.246. The lowest BCUT2D eigenvalue weighted by Crippen LogP contribution is -2.46. The van der Waals surface area contributed by atoms with Gasteiger partial charge < -0.3 is 14.2 Å². The molecule has 1 aliphatic heterocycles. The standard InChI is InChI=1S/C19H22N6O2/c1-23-11-14(20-10-18(23)26)12-24-5-7-25(8-6-24)15-3-4-17-16(9-15)19(27-2)22-13-21-17/h3-4,9-11,13H,5-8,12H2,1-2H3. The molecule has 27 heavy (non-hydrogen) atoms. The van der Waals surface area contributed by atoms with Gasteiger partial charge in [0, 0.05) is 51.7 Å². The van der Waals surface area contributed by atoms with Crippen LogP contribution in [0.3, 0.4) is 0 Å². The molecule has 0 spiro atoms. The van der Waals surface area contributed by atoms with Crippen LogP contribution >= 0.6 is 0 Å². The molecule has 0 bridgehead atoms. The van der Waals surface area contributed by atoms with Gasteiger partial charge in [-0.3, -0.25) is 14.7 Å². The third kappa shape index (κ3) is 3.61. The highest BCUT2D eigenvalue weighted by atomic mass is 16.5. The van der Waals surface area contributed by atoms with Crippen LogP contribution in [0.25, 0.3) is 10.9 Å². The average molecular weight is 366 g/mol. The third-order valence-electron chi connectivity index (χ3n) is 4.93. The molecule has 1 aromatic carbocycles. The second kappa shape index (κ2) is 7.32. The molecule has 3 aromatic rings. The summed E-state index contributed by atoms with van der Waals surface area (Å²) in [5.74, 6) is 0.598. The van der Waals surface area contributed by atoms with Gasteiger partial charge in [0.1, 0.15) is 6.33 Å². The summed E-state index contributed by atoms with van der Waals surface area (Å²) in [5.41, 5.74) is 2.86. The van der Waals surface area contributed by atoms with Gasteiger partial charge in [-0.15, -0.1) is 0 Å². The Kier molecular flexibility index (Phi) is 4.72. The Balaban J connectivity index is 1.45. The maximum Gasteiger partial charge on any atom is 0.268 e. The molecule has 140 valence electrons. The number of benzene rings is 1. The van der Waals surface area contributed by atoms with Crippen LogP contribution in [0.5, 0.6) is 5.88 Å². The zero-order valence-electron chi connectivity index (χ0n) is 15.5. The van der Waals surface area contributed by atoms with Crippen molar-refractivity contribution in [3.63, 3.8) is 0 Å². The number of ether oxygens (including phenoxy) is 1. The van der Waals surface area contributed by atoms with Gasteiger partial charge in [-0.25, -0.2) is 9.97 Å². The number of fused-ring (bicyclic) bond motifs is 1. The van der Waals surface area contributed by atoms with E-state index in [9.17, 15) is 4.79 Å². The summed E-state index contributed by atoms with van der Waals surface area (Å²) in [4.78, 5) is 28.9. The SMILES string of the molecule is COc1ncnc2ccc(N3CCN(Cc4cn(C)c(=O)cn4)CC3)cc12. The van der Waals surface area contributed by atoms with Gasteiger partial charge in [0.2, 0.25) is 5.88 Å². The normalized spacial score (nSPS) is 15.3. The fourth-order valence-electron chi connectivity index (χ4n) is 3.40. The minimum Gasteiger partial charge on any atom is -0.480 e. The van der Waals surface area contributed by atoms with Crippen LogP contribution in [0.1, 0.15) is 5.69 Å². The molecule has 0 radical (unpaired) electrons. The van der Waals surface area contributed by atoms with Gasteiger partial charge in [-0.05, 0) is 18.2 Å². The zero-order valence-corrected chi connectivity index (χ0v) is 15.5. The number of hydrogen-bond acceptors (Lipinski definition) is 7. The number of methoxy groups -OCH3 is 1. The van der Waals surface area contributed by atoms with E-state index in [1.54, 1.807) is 18.7 Å². The Morgan fingerprint density at radius 3 is 2.67 bits per heavy atom. The molecular weight excluding hydrogens is 344 g/mol. The maximum absolute atomic E-state index is 11.5. The highest BCUT2D eigenvalue weighted by molar-refractivity contribution is 5.86. The molecular formula is C19H22N6O2. The van der Waals surface area contributed by atoms with Crippen LogP contribution in [0.15, 0.2) is 41.7 Å². The van der Waals surface area contributed by atoms with Gasteiger partial charge in [0.25, 0.3) is 5.56 Å². The Labute approximate surface area is 157 Å². The minimum atomic E-state index is -0.0840. The van der Waals surface area contributed by atoms with E-state index in [0.29, 0.717) is 5.88 Å². The second-order valence-electron chi connectivity index (χ2n) is 6.68. The van der Waals surface area contributed by atoms with Crippen molar-refractivity contribution in [3.8, 4) is 5.88 Å². The first-order valence-electron chi connectivity index (χ1n) is 8.91. The van der Waals surface area contributed by atoms with Gasteiger partial charge in [0.15, 0.2) is 0 Å². The van der Waals surface area contributed by atoms with Crippen molar-refractivity contribution < 1.29 is 4.74 Å². The molecule has 2 aromatic heterocycles. The fourth-order valence-corrected chi connectivity index (χ4v) is 3.40. The van der Waals surface area contributed by atoms with Crippen molar-refractivity contribution >= 4 is 16.6 Å². The Morgan fingerprint density at radius 2 is 1.93 bits per heavy atom. The van der Waals surface area contributed by atoms with Gasteiger partial charge >= 0.3 is 0 Å². The van der Waals surface area contributed by atoms with Crippen LogP contribution < -0.4 is 15.2 Å². The van der Waals surface area contributed by atoms with Crippen LogP contribution in [0, 0.1) is 0 Å². The molecule has 8 nitrogen and oxygen atoms in total. The molecule has 8 heteroatoms. The second-order valence-corrected chi connectivity index (χ2v) is 6.68. The first kappa shape index (κ1) is 17.4. The maximum atomic E-state index is 11.5. The van der Waals surface area contributed by atoms with Crippen molar-refractivity contribution in [1.29, 1.82) is 0 Å². The number of piperazine rings is 1. The topological polar surface area (TPSA) is 76.4 Å². The first-order valence-corrected chi connectivity index (χ1v) is 8.91. The summed E-state index contributed by atoms with van der Waals surface area (Å²) in [6, 6.07) is 6.20. The van der Waals surface area contributed by atoms with Crippen LogP contribution in [0.2, 0.25) is 0 Å². The van der Waals surface area contributed by atoms with Crippen molar-refractivity contribution in [2.45, 2.75) is 6.54 Å². The van der Waals surface area contributed by atoms with Crippen LogP contribution in [0.4, 0.5) is 5.69 Å². The quantitative estimate of drug-likeness (QED) is 0.683. The monoisotopic (exact) mass is 366 g/mol. The lowest BCUT2D eigenvalue weighted by atomic mass is 10.2. The number of aromatic nitrogens is 4. The van der Waals surface area contributed by atoms with Crippen molar-refractivity contribution in [2.24, 2.45) is 7.05 Å². The predicted octanol–water partition coefficient (Wildman–Crippen LogP) is 1.05. The molecule has 0 amide bonds.